The van der Waals surface area contributed by atoms with E-state index in [9.17, 15) is 24.6 Å². The number of carbonyl (C=O) groups excluding carboxylic acids is 2. The van der Waals surface area contributed by atoms with Crippen molar-refractivity contribution in [2.75, 3.05) is 5.73 Å². The van der Waals surface area contributed by atoms with Gasteiger partial charge in [-0.2, -0.15) is 0 Å². The number of hydrogen-bond acceptors (Lipinski definition) is 5. The Bertz CT molecular complexity index is 1080. The topological polar surface area (TPSA) is 121 Å². The molecule has 1 radical (unpaired) electrons. The van der Waals surface area contributed by atoms with Crippen LogP contribution < -0.4 is 5.73 Å². The van der Waals surface area contributed by atoms with Gasteiger partial charge in [0.2, 0.25) is 5.91 Å². The number of nitrogens with zero attached hydrogens (tertiary/aromatic N) is 1. The van der Waals surface area contributed by atoms with Crippen molar-refractivity contribution in [1.29, 1.82) is 0 Å². The molecular formula is C22H20N2NaO5. The van der Waals surface area contributed by atoms with Crippen molar-refractivity contribution < 1.29 is 24.6 Å². The van der Waals surface area contributed by atoms with Crippen molar-refractivity contribution in [1.82, 2.24) is 4.90 Å². The third-order valence-electron chi connectivity index (χ3n) is 5.61. The van der Waals surface area contributed by atoms with E-state index in [1.165, 1.54) is 11.8 Å². The summed E-state index contributed by atoms with van der Waals surface area (Å²) in [6, 6.07) is 13.0. The zero-order chi connectivity index (χ0) is 20.9. The molecule has 0 bridgehead atoms. The maximum Gasteiger partial charge on any atom is 0.352 e. The van der Waals surface area contributed by atoms with Crippen LogP contribution in [0.2, 0.25) is 0 Å². The van der Waals surface area contributed by atoms with E-state index in [2.05, 4.69) is 0 Å². The molecule has 4 N–H and O–H groups in total. The predicted octanol–water partition coefficient (Wildman–Crippen LogP) is 1.53. The first-order chi connectivity index (χ1) is 13.8. The monoisotopic (exact) mass is 415 g/mol. The Kier molecular flexibility index (Phi) is 6.19. The van der Waals surface area contributed by atoms with Gasteiger partial charge >= 0.3 is 5.97 Å². The standard InChI is InChI=1S/C22H20N2O5.Na/c1-11(25)18-17-10-15(19(22(28)29)24(17)21(18)27)12-5-4-6-13(9-12)20(26)14-7-2-3-8-16(14)23;/h2-9,11,17-18,25H,10,23H2,1H3,(H,28,29);/t11-,17-,18-;/m1./s1. The molecule has 0 aliphatic carbocycles. The van der Waals surface area contributed by atoms with Crippen LogP contribution in [0.4, 0.5) is 5.69 Å². The van der Waals surface area contributed by atoms with Crippen molar-refractivity contribution in [3.8, 4) is 0 Å². The van der Waals surface area contributed by atoms with Gasteiger partial charge in [0.05, 0.1) is 18.1 Å². The van der Waals surface area contributed by atoms with E-state index in [-0.39, 0.29) is 53.0 Å². The fourth-order valence-corrected chi connectivity index (χ4v) is 4.23. The summed E-state index contributed by atoms with van der Waals surface area (Å²) in [5, 5.41) is 19.6. The summed E-state index contributed by atoms with van der Waals surface area (Å²) in [6.07, 6.45) is -0.541. The summed E-state index contributed by atoms with van der Waals surface area (Å²) in [4.78, 5) is 38.4. The summed E-state index contributed by atoms with van der Waals surface area (Å²) in [5.41, 5.74) is 7.99. The molecule has 1 amide bonds. The number of aliphatic hydroxyl groups is 1. The van der Waals surface area contributed by atoms with Crippen molar-refractivity contribution >= 4 is 58.5 Å². The van der Waals surface area contributed by atoms with Gasteiger partial charge in [-0.05, 0) is 42.7 Å². The number of nitrogen functional groups attached to an aromatic ring is 1. The average molecular weight is 415 g/mol. The molecule has 3 atom stereocenters. The van der Waals surface area contributed by atoms with Crippen molar-refractivity contribution in [2.45, 2.75) is 25.5 Å². The number of nitrogens with two attached hydrogens (primary N) is 1. The number of β-lactam (4-membered cyclic amide) rings is 1. The van der Waals surface area contributed by atoms with E-state index < -0.39 is 18.0 Å². The van der Waals surface area contributed by atoms with Crippen LogP contribution >= 0.6 is 0 Å². The Morgan fingerprint density at radius 2 is 1.87 bits per heavy atom. The van der Waals surface area contributed by atoms with Crippen LogP contribution in [0, 0.1) is 5.92 Å². The molecule has 0 unspecified atom stereocenters. The summed E-state index contributed by atoms with van der Waals surface area (Å²) in [5.74, 6) is -2.47. The Balaban J connectivity index is 0.00000256. The van der Waals surface area contributed by atoms with Gasteiger partial charge in [-0.3, -0.25) is 9.59 Å². The van der Waals surface area contributed by atoms with Gasteiger partial charge in [0, 0.05) is 46.4 Å². The minimum atomic E-state index is -1.20. The maximum absolute atomic E-state index is 12.9. The Morgan fingerprint density at radius 3 is 2.50 bits per heavy atom. The largest absolute Gasteiger partial charge is 0.477 e. The number of aliphatic carboxylic acids is 1. The number of anilines is 1. The first-order valence-corrected chi connectivity index (χ1v) is 9.28. The number of hydrogen-bond donors (Lipinski definition) is 3. The Hall–Kier alpha value is -2.45. The number of fused-ring (bicyclic) bond motifs is 1. The van der Waals surface area contributed by atoms with Gasteiger partial charge < -0.3 is 20.8 Å². The number of benzene rings is 2. The SMILES string of the molecule is C[C@@H](O)[C@H]1C(=O)N2C(C(=O)O)=C(c3cccc(C(=O)c4ccccc4N)c3)C[C@H]12.[Na]. The molecule has 2 aliphatic rings. The number of ketones is 1. The van der Waals surface area contributed by atoms with Crippen LogP contribution in [-0.2, 0) is 9.59 Å². The second kappa shape index (κ2) is 8.35. The van der Waals surface area contributed by atoms with Crippen molar-refractivity contribution in [3.63, 3.8) is 0 Å². The van der Waals surface area contributed by atoms with Crippen LogP contribution in [0.15, 0.2) is 54.2 Å². The third-order valence-corrected chi connectivity index (χ3v) is 5.61. The van der Waals surface area contributed by atoms with E-state index in [1.807, 2.05) is 0 Å². The summed E-state index contributed by atoms with van der Waals surface area (Å²) in [7, 11) is 0. The molecule has 0 spiro atoms. The summed E-state index contributed by atoms with van der Waals surface area (Å²) in [6.45, 7) is 1.53. The van der Waals surface area contributed by atoms with Gasteiger partial charge in [-0.15, -0.1) is 0 Å². The molecule has 7 nitrogen and oxygen atoms in total. The molecule has 2 aromatic carbocycles. The van der Waals surface area contributed by atoms with Gasteiger partial charge in [-0.25, -0.2) is 4.79 Å². The van der Waals surface area contributed by atoms with E-state index in [4.69, 9.17) is 5.73 Å². The minimum absolute atomic E-state index is 0. The van der Waals surface area contributed by atoms with E-state index in [0.717, 1.165) is 0 Å². The second-order valence-electron chi connectivity index (χ2n) is 7.38. The third kappa shape index (κ3) is 3.48. The molecule has 1 saturated heterocycles. The van der Waals surface area contributed by atoms with Crippen molar-refractivity contribution in [3.05, 3.63) is 70.9 Å². The van der Waals surface area contributed by atoms with Crippen LogP contribution in [0.25, 0.3) is 5.57 Å². The molecule has 30 heavy (non-hydrogen) atoms. The molecule has 8 heteroatoms. The van der Waals surface area contributed by atoms with E-state index in [1.54, 1.807) is 48.5 Å². The molecule has 2 aliphatic heterocycles. The number of aliphatic hydroxyl groups excluding tert-OH is 1. The van der Waals surface area contributed by atoms with Crippen LogP contribution in [0.1, 0.15) is 34.8 Å². The van der Waals surface area contributed by atoms with E-state index in [0.29, 0.717) is 34.4 Å². The zero-order valence-electron chi connectivity index (χ0n) is 16.7. The van der Waals surface area contributed by atoms with E-state index >= 15 is 0 Å². The van der Waals surface area contributed by atoms with Crippen molar-refractivity contribution in [2.24, 2.45) is 5.92 Å². The Morgan fingerprint density at radius 1 is 1.17 bits per heavy atom. The maximum atomic E-state index is 12.9. The fraction of sp³-hybridized carbons (Fsp3) is 0.227. The number of amides is 1. The normalized spacial score (nSPS) is 20.9. The number of rotatable bonds is 5. The molecule has 4 rings (SSSR count). The molecule has 0 aromatic heterocycles. The Labute approximate surface area is 195 Å². The first-order valence-electron chi connectivity index (χ1n) is 9.28. The molecule has 0 saturated carbocycles. The first kappa shape index (κ1) is 22.2. The molecule has 1 fully saturated rings. The smallest absolute Gasteiger partial charge is 0.352 e. The summed E-state index contributed by atoms with van der Waals surface area (Å²) < 4.78 is 0. The number of carboxylic acid groups (broad SMARTS) is 1. The van der Waals surface area contributed by atoms with Gasteiger partial charge in [0.1, 0.15) is 5.70 Å². The van der Waals surface area contributed by atoms with Gasteiger partial charge in [-0.1, -0.05) is 30.3 Å². The molecule has 2 heterocycles. The van der Waals surface area contributed by atoms with Crippen LogP contribution in [0.5, 0.6) is 0 Å². The van der Waals surface area contributed by atoms with Crippen LogP contribution in [-0.4, -0.2) is 74.5 Å². The molecule has 2 aromatic rings. The quantitative estimate of drug-likeness (QED) is 0.295. The van der Waals surface area contributed by atoms with Gasteiger partial charge in [0.15, 0.2) is 5.78 Å². The molecule has 149 valence electrons. The second-order valence-corrected chi connectivity index (χ2v) is 7.38. The minimum Gasteiger partial charge on any atom is -0.477 e. The zero-order valence-corrected chi connectivity index (χ0v) is 18.7. The van der Waals surface area contributed by atoms with Gasteiger partial charge in [0.25, 0.3) is 0 Å². The molecular weight excluding hydrogens is 395 g/mol. The summed E-state index contributed by atoms with van der Waals surface area (Å²) >= 11 is 0. The number of para-hydroxylation sites is 1. The van der Waals surface area contributed by atoms with Crippen LogP contribution in [0.3, 0.4) is 0 Å². The average Bonchev–Trinajstić information content (AvgIpc) is 3.03. The number of carbonyl (C=O) groups is 3. The fourth-order valence-electron chi connectivity index (χ4n) is 4.23. The predicted molar refractivity (Wildman–Crippen MR) is 111 cm³/mol. The number of carboxylic acids is 1.